The van der Waals surface area contributed by atoms with Crippen molar-refractivity contribution >= 4 is 17.3 Å². The van der Waals surface area contributed by atoms with E-state index < -0.39 is 12.0 Å². The molecule has 1 heterocycles. The van der Waals surface area contributed by atoms with Gasteiger partial charge in [-0.1, -0.05) is 13.8 Å². The summed E-state index contributed by atoms with van der Waals surface area (Å²) in [6.07, 6.45) is 1.64. The van der Waals surface area contributed by atoms with Crippen LogP contribution in [0.1, 0.15) is 35.7 Å². The van der Waals surface area contributed by atoms with Crippen LogP contribution in [-0.4, -0.2) is 18.1 Å². The van der Waals surface area contributed by atoms with Gasteiger partial charge in [0, 0.05) is 12.1 Å². The molecule has 0 amide bonds. The molecule has 0 aliphatic carbocycles. The average Bonchev–Trinajstić information content (AvgIpc) is 2.64. The zero-order chi connectivity index (χ0) is 10.7. The molecule has 0 saturated heterocycles. The van der Waals surface area contributed by atoms with Gasteiger partial charge in [0.05, 0.1) is 17.0 Å². The standard InChI is InChI=1S/C9H14N2O2S/c1-5(2)8-11-4-6(14-8)7(10)9(12)13-3/h4-5,7H,10H2,1-3H3. The predicted octanol–water partition coefficient (Wildman–Crippen LogP) is 1.44. The summed E-state index contributed by atoms with van der Waals surface area (Å²) in [6.45, 7) is 4.10. The molecule has 0 aliphatic rings. The molecule has 0 fully saturated rings. The van der Waals surface area contributed by atoms with E-state index in [2.05, 4.69) is 9.72 Å². The number of rotatable bonds is 3. The predicted molar refractivity (Wildman–Crippen MR) is 55.1 cm³/mol. The SMILES string of the molecule is COC(=O)C(N)c1cnc(C(C)C)s1. The van der Waals surface area contributed by atoms with Crippen molar-refractivity contribution in [3.8, 4) is 0 Å². The summed E-state index contributed by atoms with van der Waals surface area (Å²) in [6, 6.07) is -0.704. The van der Waals surface area contributed by atoms with Crippen molar-refractivity contribution < 1.29 is 9.53 Å². The normalized spacial score (nSPS) is 12.9. The number of nitrogens with two attached hydrogens (primary N) is 1. The minimum atomic E-state index is -0.704. The number of ether oxygens (including phenoxy) is 1. The molecule has 1 atom stereocenters. The number of nitrogens with zero attached hydrogens (tertiary/aromatic N) is 1. The lowest BCUT2D eigenvalue weighted by Crippen LogP contribution is -2.21. The maximum absolute atomic E-state index is 11.1. The summed E-state index contributed by atoms with van der Waals surface area (Å²) in [7, 11) is 1.33. The van der Waals surface area contributed by atoms with E-state index in [1.165, 1.54) is 18.4 Å². The lowest BCUT2D eigenvalue weighted by Gasteiger charge is -2.05. The molecule has 1 aromatic heterocycles. The first-order chi connectivity index (χ1) is 6.56. The van der Waals surface area contributed by atoms with Crippen LogP contribution in [0, 0.1) is 0 Å². The van der Waals surface area contributed by atoms with Crippen LogP contribution in [0.2, 0.25) is 0 Å². The molecule has 1 rings (SSSR count). The van der Waals surface area contributed by atoms with E-state index in [4.69, 9.17) is 5.73 Å². The number of carbonyl (C=O) groups is 1. The number of carbonyl (C=O) groups excluding carboxylic acids is 1. The highest BCUT2D eigenvalue weighted by Gasteiger charge is 2.19. The van der Waals surface area contributed by atoms with E-state index >= 15 is 0 Å². The van der Waals surface area contributed by atoms with Gasteiger partial charge < -0.3 is 10.5 Å². The van der Waals surface area contributed by atoms with Crippen LogP contribution in [-0.2, 0) is 9.53 Å². The minimum Gasteiger partial charge on any atom is -0.468 e. The fourth-order valence-electron chi connectivity index (χ4n) is 0.955. The zero-order valence-electron chi connectivity index (χ0n) is 8.48. The topological polar surface area (TPSA) is 65.2 Å². The molecular weight excluding hydrogens is 200 g/mol. The maximum atomic E-state index is 11.1. The van der Waals surface area contributed by atoms with Gasteiger partial charge in [0.2, 0.25) is 0 Å². The number of hydrogen-bond donors (Lipinski definition) is 1. The molecule has 0 bridgehead atoms. The minimum absolute atomic E-state index is 0.360. The van der Waals surface area contributed by atoms with Crippen molar-refractivity contribution in [3.63, 3.8) is 0 Å². The van der Waals surface area contributed by atoms with E-state index in [0.29, 0.717) is 5.92 Å². The Labute approximate surface area is 87.1 Å². The lowest BCUT2D eigenvalue weighted by atomic mass is 10.2. The van der Waals surface area contributed by atoms with Gasteiger partial charge in [0.15, 0.2) is 0 Å². The van der Waals surface area contributed by atoms with Crippen LogP contribution in [0.4, 0.5) is 0 Å². The Morgan fingerprint density at radius 3 is 2.71 bits per heavy atom. The van der Waals surface area contributed by atoms with Gasteiger partial charge >= 0.3 is 5.97 Å². The molecule has 4 nitrogen and oxygen atoms in total. The van der Waals surface area contributed by atoms with Crippen LogP contribution >= 0.6 is 11.3 Å². The van der Waals surface area contributed by atoms with Crippen molar-refractivity contribution in [3.05, 3.63) is 16.1 Å². The molecule has 5 heteroatoms. The summed E-state index contributed by atoms with van der Waals surface area (Å²) < 4.78 is 4.55. The van der Waals surface area contributed by atoms with E-state index in [1.807, 2.05) is 13.8 Å². The molecule has 14 heavy (non-hydrogen) atoms. The second kappa shape index (κ2) is 4.52. The smallest absolute Gasteiger partial charge is 0.328 e. The Hall–Kier alpha value is -0.940. The van der Waals surface area contributed by atoms with Crippen LogP contribution in [0.15, 0.2) is 6.20 Å². The summed E-state index contributed by atoms with van der Waals surface area (Å²) in [5, 5.41) is 0.986. The van der Waals surface area contributed by atoms with Crippen LogP contribution in [0.5, 0.6) is 0 Å². The second-order valence-corrected chi connectivity index (χ2v) is 4.35. The van der Waals surface area contributed by atoms with Crippen molar-refractivity contribution in [1.29, 1.82) is 0 Å². The van der Waals surface area contributed by atoms with Crippen molar-refractivity contribution in [2.24, 2.45) is 5.73 Å². The molecule has 0 saturated carbocycles. The first kappa shape index (κ1) is 11.1. The highest BCUT2D eigenvalue weighted by atomic mass is 32.1. The first-order valence-electron chi connectivity index (χ1n) is 4.35. The van der Waals surface area contributed by atoms with Gasteiger partial charge in [-0.2, -0.15) is 0 Å². The third kappa shape index (κ3) is 2.30. The Morgan fingerprint density at radius 2 is 2.29 bits per heavy atom. The quantitative estimate of drug-likeness (QED) is 0.773. The Morgan fingerprint density at radius 1 is 1.64 bits per heavy atom. The molecule has 0 aromatic carbocycles. The molecular formula is C9H14N2O2S. The van der Waals surface area contributed by atoms with Crippen LogP contribution < -0.4 is 5.73 Å². The summed E-state index contributed by atoms with van der Waals surface area (Å²) >= 11 is 1.46. The van der Waals surface area contributed by atoms with Crippen LogP contribution in [0.25, 0.3) is 0 Å². The lowest BCUT2D eigenvalue weighted by molar-refractivity contribution is -0.142. The zero-order valence-corrected chi connectivity index (χ0v) is 9.30. The van der Waals surface area contributed by atoms with Crippen molar-refractivity contribution in [1.82, 2.24) is 4.98 Å². The van der Waals surface area contributed by atoms with Gasteiger partial charge in [0.1, 0.15) is 6.04 Å². The molecule has 2 N–H and O–H groups in total. The van der Waals surface area contributed by atoms with Gasteiger partial charge in [-0.3, -0.25) is 0 Å². The Bertz CT molecular complexity index is 322. The number of hydrogen-bond acceptors (Lipinski definition) is 5. The molecule has 0 radical (unpaired) electrons. The van der Waals surface area contributed by atoms with Gasteiger partial charge in [-0.15, -0.1) is 11.3 Å². The maximum Gasteiger partial charge on any atom is 0.328 e. The molecule has 1 unspecified atom stereocenters. The molecule has 1 aromatic rings. The molecule has 0 aliphatic heterocycles. The fourth-order valence-corrected chi connectivity index (χ4v) is 1.87. The molecule has 0 spiro atoms. The average molecular weight is 214 g/mol. The number of esters is 1. The largest absolute Gasteiger partial charge is 0.468 e. The van der Waals surface area contributed by atoms with Gasteiger partial charge in [-0.05, 0) is 0 Å². The highest BCUT2D eigenvalue weighted by molar-refractivity contribution is 7.11. The van der Waals surface area contributed by atoms with E-state index in [-0.39, 0.29) is 0 Å². The third-order valence-electron chi connectivity index (χ3n) is 1.80. The van der Waals surface area contributed by atoms with Crippen molar-refractivity contribution in [2.45, 2.75) is 25.8 Å². The third-order valence-corrected chi connectivity index (χ3v) is 3.18. The number of methoxy groups -OCH3 is 1. The monoisotopic (exact) mass is 214 g/mol. The Kier molecular flexibility index (Phi) is 3.60. The number of thiazole rings is 1. The van der Waals surface area contributed by atoms with E-state index in [1.54, 1.807) is 6.20 Å². The van der Waals surface area contributed by atoms with E-state index in [9.17, 15) is 4.79 Å². The molecule has 78 valence electrons. The van der Waals surface area contributed by atoms with Crippen LogP contribution in [0.3, 0.4) is 0 Å². The second-order valence-electron chi connectivity index (χ2n) is 3.26. The van der Waals surface area contributed by atoms with Gasteiger partial charge in [-0.25, -0.2) is 9.78 Å². The van der Waals surface area contributed by atoms with Gasteiger partial charge in [0.25, 0.3) is 0 Å². The summed E-state index contributed by atoms with van der Waals surface area (Å²) in [5.74, 6) is -0.0671. The first-order valence-corrected chi connectivity index (χ1v) is 5.17. The highest BCUT2D eigenvalue weighted by Crippen LogP contribution is 2.25. The summed E-state index contributed by atoms with van der Waals surface area (Å²) in [5.41, 5.74) is 5.66. The summed E-state index contributed by atoms with van der Waals surface area (Å²) in [4.78, 5) is 16.1. The number of aromatic nitrogens is 1. The fraction of sp³-hybridized carbons (Fsp3) is 0.556. The van der Waals surface area contributed by atoms with E-state index in [0.717, 1.165) is 9.88 Å². The Balaban J connectivity index is 2.81. The van der Waals surface area contributed by atoms with Crippen molar-refractivity contribution in [2.75, 3.05) is 7.11 Å².